The molecule has 14 heteroatoms. The maximum Gasteiger partial charge on any atom is 0.239 e. The van der Waals surface area contributed by atoms with Crippen LogP contribution in [0.3, 0.4) is 0 Å². The summed E-state index contributed by atoms with van der Waals surface area (Å²) in [5.74, 6) is -1.53. The normalized spacial score (nSPS) is 31.0. The molecule has 0 unspecified atom stereocenters. The smallest absolute Gasteiger partial charge is 0.239 e. The molecule has 2 aliphatic heterocycles. The van der Waals surface area contributed by atoms with Gasteiger partial charge in [-0.25, -0.2) is 0 Å². The number of aliphatic hydroxyl groups excluding tert-OH is 6. The molecule has 3 heterocycles. The third-order valence-corrected chi connectivity index (χ3v) is 6.75. The van der Waals surface area contributed by atoms with Crippen LogP contribution in [0.25, 0.3) is 22.3 Å². The fraction of sp³-hybridized carbons (Fsp3) is 0.423. The van der Waals surface area contributed by atoms with Crippen molar-refractivity contribution in [3.05, 3.63) is 46.6 Å². The van der Waals surface area contributed by atoms with Gasteiger partial charge in [0.1, 0.15) is 64.8 Å². The summed E-state index contributed by atoms with van der Waals surface area (Å²) < 4.78 is 27.9. The number of rotatable bonds is 7. The summed E-state index contributed by atoms with van der Waals surface area (Å²) in [4.78, 5) is 13.6. The summed E-state index contributed by atoms with van der Waals surface area (Å²) in [6, 6.07) is 7.70. The molecule has 2 fully saturated rings. The van der Waals surface area contributed by atoms with E-state index in [-0.39, 0.29) is 33.8 Å². The molecule has 2 aliphatic rings. The molecule has 0 amide bonds. The molecule has 5 rings (SSSR count). The maximum absolute atomic E-state index is 13.6. The standard InChI is InChI=1S/C26H28O14/c1-9(28)22-19(33)21(35)25(39-22)36-12-6-13(30)16-14(7-12)37-23(10-2-4-11(29)5-3-10)24(18(16)32)40-26-20(34)17(31)15(8-27)38-26/h2-7,9,15,17,19-22,25-31,33-35H,8H2,1H3/t9-,15-,17-,19-,20+,21+,22-,25+,26-/m0/s1. The summed E-state index contributed by atoms with van der Waals surface area (Å²) >= 11 is 0. The monoisotopic (exact) mass is 564 g/mol. The molecule has 14 nitrogen and oxygen atoms in total. The Kier molecular flexibility index (Phi) is 7.60. The van der Waals surface area contributed by atoms with Gasteiger partial charge >= 0.3 is 0 Å². The van der Waals surface area contributed by atoms with Gasteiger partial charge in [-0.05, 0) is 31.2 Å². The Balaban J connectivity index is 1.57. The van der Waals surface area contributed by atoms with Gasteiger partial charge in [0.2, 0.25) is 23.8 Å². The molecule has 216 valence electrons. The van der Waals surface area contributed by atoms with Crippen LogP contribution in [0.15, 0.2) is 45.6 Å². The Morgan fingerprint density at radius 2 is 1.55 bits per heavy atom. The highest BCUT2D eigenvalue weighted by atomic mass is 16.7. The number of hydrogen-bond donors (Lipinski definition) is 8. The van der Waals surface area contributed by atoms with Crippen LogP contribution in [0.4, 0.5) is 0 Å². The van der Waals surface area contributed by atoms with Crippen molar-refractivity contribution in [1.29, 1.82) is 0 Å². The van der Waals surface area contributed by atoms with Crippen LogP contribution in [0, 0.1) is 0 Å². The number of phenolic OH excluding ortho intramolecular Hbond substituents is 2. The average Bonchev–Trinajstić information content (AvgIpc) is 3.35. The molecule has 0 aliphatic carbocycles. The number of ether oxygens (including phenoxy) is 4. The highest BCUT2D eigenvalue weighted by Gasteiger charge is 2.47. The van der Waals surface area contributed by atoms with E-state index in [2.05, 4.69) is 0 Å². The minimum Gasteiger partial charge on any atom is -0.508 e. The van der Waals surface area contributed by atoms with E-state index < -0.39 is 78.8 Å². The highest BCUT2D eigenvalue weighted by Crippen LogP contribution is 2.38. The van der Waals surface area contributed by atoms with E-state index in [0.717, 1.165) is 6.07 Å². The molecular formula is C26H28O14. The van der Waals surface area contributed by atoms with Gasteiger partial charge < -0.3 is 64.2 Å². The maximum atomic E-state index is 13.6. The van der Waals surface area contributed by atoms with Gasteiger partial charge in [-0.1, -0.05) is 0 Å². The minimum absolute atomic E-state index is 0.0843. The molecule has 8 N–H and O–H groups in total. The van der Waals surface area contributed by atoms with E-state index in [1.165, 1.54) is 37.3 Å². The number of fused-ring (bicyclic) bond motifs is 1. The van der Waals surface area contributed by atoms with Gasteiger partial charge in [-0.2, -0.15) is 0 Å². The topological polar surface area (TPSA) is 229 Å². The van der Waals surface area contributed by atoms with Crippen LogP contribution in [-0.2, 0) is 9.47 Å². The largest absolute Gasteiger partial charge is 0.508 e. The van der Waals surface area contributed by atoms with Crippen LogP contribution in [0.5, 0.6) is 23.0 Å². The molecule has 0 spiro atoms. The number of hydrogen-bond acceptors (Lipinski definition) is 14. The van der Waals surface area contributed by atoms with Crippen molar-refractivity contribution >= 4 is 11.0 Å². The van der Waals surface area contributed by atoms with Crippen LogP contribution < -0.4 is 14.9 Å². The fourth-order valence-corrected chi connectivity index (χ4v) is 4.62. The van der Waals surface area contributed by atoms with Crippen molar-refractivity contribution in [3.8, 4) is 34.3 Å². The number of phenols is 2. The second-order valence-corrected chi connectivity index (χ2v) is 9.59. The Bertz CT molecular complexity index is 1420. The lowest BCUT2D eigenvalue weighted by molar-refractivity contribution is -0.128. The SMILES string of the molecule is C[C@H](O)[C@@H]1O[C@@H](Oc2cc(O)c3c(=O)c(O[C@@H]4O[C@@H](CO)[C@H](O)[C@H]4O)c(-c4ccc(O)cc4)oc3c2)[C@H](O)[C@@H]1O. The first-order valence-corrected chi connectivity index (χ1v) is 12.3. The molecule has 2 aromatic carbocycles. The van der Waals surface area contributed by atoms with Crippen LogP contribution >= 0.6 is 0 Å². The molecule has 0 radical (unpaired) electrons. The van der Waals surface area contributed by atoms with Crippen molar-refractivity contribution in [2.75, 3.05) is 6.61 Å². The van der Waals surface area contributed by atoms with Crippen molar-refractivity contribution in [2.45, 2.75) is 62.2 Å². The van der Waals surface area contributed by atoms with Gasteiger partial charge in [0.25, 0.3) is 0 Å². The summed E-state index contributed by atoms with van der Waals surface area (Å²) in [6.07, 6.45) is -12.6. The summed E-state index contributed by atoms with van der Waals surface area (Å²) in [6.45, 7) is 0.734. The zero-order valence-corrected chi connectivity index (χ0v) is 20.9. The summed E-state index contributed by atoms with van der Waals surface area (Å²) in [5, 5.41) is 80.1. The van der Waals surface area contributed by atoms with E-state index in [0.29, 0.717) is 0 Å². The number of aromatic hydroxyl groups is 2. The first-order valence-electron chi connectivity index (χ1n) is 12.3. The van der Waals surface area contributed by atoms with E-state index in [9.17, 15) is 45.6 Å². The minimum atomic E-state index is -1.64. The van der Waals surface area contributed by atoms with Crippen molar-refractivity contribution < 1.29 is 64.2 Å². The van der Waals surface area contributed by atoms with Crippen molar-refractivity contribution in [3.63, 3.8) is 0 Å². The molecular weight excluding hydrogens is 536 g/mol. The van der Waals surface area contributed by atoms with E-state index in [1.807, 2.05) is 0 Å². The van der Waals surface area contributed by atoms with Gasteiger partial charge in [-0.15, -0.1) is 0 Å². The second kappa shape index (κ2) is 10.8. The average molecular weight is 564 g/mol. The Hall–Kier alpha value is -3.47. The quantitative estimate of drug-likeness (QED) is 0.170. The predicted molar refractivity (Wildman–Crippen MR) is 133 cm³/mol. The Morgan fingerprint density at radius 3 is 2.15 bits per heavy atom. The number of benzene rings is 2. The molecule has 3 aromatic rings. The molecule has 2 saturated heterocycles. The third kappa shape index (κ3) is 4.95. The van der Waals surface area contributed by atoms with Gasteiger partial charge in [0, 0.05) is 17.7 Å². The van der Waals surface area contributed by atoms with Gasteiger partial charge in [-0.3, -0.25) is 4.79 Å². The highest BCUT2D eigenvalue weighted by molar-refractivity contribution is 5.88. The summed E-state index contributed by atoms with van der Waals surface area (Å²) in [5.41, 5.74) is -0.855. The number of aliphatic hydroxyl groups is 6. The zero-order valence-electron chi connectivity index (χ0n) is 20.9. The van der Waals surface area contributed by atoms with E-state index in [4.69, 9.17) is 23.4 Å². The predicted octanol–water partition coefficient (Wildman–Crippen LogP) is -1.10. The Morgan fingerprint density at radius 1 is 0.900 bits per heavy atom. The summed E-state index contributed by atoms with van der Waals surface area (Å²) in [7, 11) is 0. The molecule has 40 heavy (non-hydrogen) atoms. The Labute approximate surface area is 225 Å². The van der Waals surface area contributed by atoms with E-state index >= 15 is 0 Å². The lowest BCUT2D eigenvalue weighted by atomic mass is 10.1. The van der Waals surface area contributed by atoms with Crippen LogP contribution in [-0.4, -0.2) is 103 Å². The van der Waals surface area contributed by atoms with Gasteiger partial charge in [0.15, 0.2) is 5.76 Å². The molecule has 1 aromatic heterocycles. The van der Waals surface area contributed by atoms with Crippen molar-refractivity contribution in [1.82, 2.24) is 0 Å². The lowest BCUT2D eigenvalue weighted by Gasteiger charge is -2.20. The third-order valence-electron chi connectivity index (χ3n) is 6.75. The second-order valence-electron chi connectivity index (χ2n) is 9.59. The molecule has 9 atom stereocenters. The van der Waals surface area contributed by atoms with Crippen LogP contribution in [0.2, 0.25) is 0 Å². The molecule has 0 saturated carbocycles. The fourth-order valence-electron chi connectivity index (χ4n) is 4.62. The lowest BCUT2D eigenvalue weighted by Crippen LogP contribution is -2.38. The first kappa shape index (κ1) is 28.1. The molecule has 0 bridgehead atoms. The zero-order chi connectivity index (χ0) is 28.9. The van der Waals surface area contributed by atoms with E-state index in [1.54, 1.807) is 0 Å². The van der Waals surface area contributed by atoms with Gasteiger partial charge in [0.05, 0.1) is 12.7 Å². The van der Waals surface area contributed by atoms with Crippen LogP contribution in [0.1, 0.15) is 6.92 Å². The first-order chi connectivity index (χ1) is 19.0. The van der Waals surface area contributed by atoms with Crippen molar-refractivity contribution in [2.24, 2.45) is 0 Å².